The number of nitrogens with two attached hydrogens (primary N) is 1. The lowest BCUT2D eigenvalue weighted by Gasteiger charge is -2.36. The number of aliphatic hydroxyl groups excluding tert-OH is 1. The van der Waals surface area contributed by atoms with E-state index in [0.717, 1.165) is 18.7 Å². The molecule has 3 N–H and O–H groups in total. The van der Waals surface area contributed by atoms with Gasteiger partial charge in [0.15, 0.2) is 0 Å². The van der Waals surface area contributed by atoms with Crippen LogP contribution in [0.15, 0.2) is 18.2 Å². The van der Waals surface area contributed by atoms with Gasteiger partial charge in [-0.1, -0.05) is 19.1 Å². The molecule has 3 nitrogen and oxygen atoms in total. The molecule has 0 spiro atoms. The van der Waals surface area contributed by atoms with Gasteiger partial charge in [-0.2, -0.15) is 0 Å². The Bertz CT molecular complexity index is 466. The van der Waals surface area contributed by atoms with Crippen LogP contribution in [-0.4, -0.2) is 29.3 Å². The van der Waals surface area contributed by atoms with E-state index in [1.54, 1.807) is 6.07 Å². The molecule has 1 aliphatic heterocycles. The Kier molecular flexibility index (Phi) is 3.82. The molecule has 1 aromatic carbocycles. The van der Waals surface area contributed by atoms with E-state index in [-0.39, 0.29) is 22.8 Å². The lowest BCUT2D eigenvalue weighted by molar-refractivity contribution is 0.103. The summed E-state index contributed by atoms with van der Waals surface area (Å²) in [4.78, 5) is 2.19. The first-order valence-corrected chi connectivity index (χ1v) is 6.42. The quantitative estimate of drug-likeness (QED) is 0.801. The summed E-state index contributed by atoms with van der Waals surface area (Å²) < 4.78 is 13.2. The van der Waals surface area contributed by atoms with Gasteiger partial charge in [0.25, 0.3) is 0 Å². The van der Waals surface area contributed by atoms with Gasteiger partial charge in [0, 0.05) is 24.3 Å². The molecule has 1 aromatic rings. The Balaban J connectivity index is 2.30. The normalized spacial score (nSPS) is 24.1. The third-order valence-corrected chi connectivity index (χ3v) is 3.70. The number of aliphatic hydroxyl groups is 1. The maximum Gasteiger partial charge on any atom is 0.124 e. The first-order valence-electron chi connectivity index (χ1n) is 6.01. The molecule has 0 amide bonds. The number of halogens is 1. The smallest absolute Gasteiger partial charge is 0.124 e. The average Bonchev–Trinajstić information content (AvgIpc) is 2.32. The first kappa shape index (κ1) is 13.2. The molecule has 2 rings (SSSR count). The van der Waals surface area contributed by atoms with Gasteiger partial charge >= 0.3 is 0 Å². The largest absolute Gasteiger partial charge is 0.391 e. The number of hydrogen-bond acceptors (Lipinski definition) is 3. The van der Waals surface area contributed by atoms with E-state index < -0.39 is 0 Å². The van der Waals surface area contributed by atoms with Crippen LogP contribution in [0.4, 0.5) is 10.1 Å². The van der Waals surface area contributed by atoms with Crippen LogP contribution in [0.2, 0.25) is 0 Å². The fraction of sp³-hybridized carbons (Fsp3) is 0.462. The van der Waals surface area contributed by atoms with Gasteiger partial charge in [0.2, 0.25) is 0 Å². The number of β-amino-alcohol motifs (C(OH)–C–C–N with tert-alkyl or cyclic N) is 1. The number of anilines is 1. The minimum absolute atomic E-state index is 0.178. The summed E-state index contributed by atoms with van der Waals surface area (Å²) in [5.41, 5.74) is 6.96. The molecule has 0 bridgehead atoms. The second-order valence-electron chi connectivity index (χ2n) is 4.81. The third-order valence-electron chi connectivity index (χ3n) is 3.48. The molecule has 0 saturated carbocycles. The summed E-state index contributed by atoms with van der Waals surface area (Å²) in [6.07, 6.45) is 0.526. The Hall–Kier alpha value is -1.20. The highest BCUT2D eigenvalue weighted by molar-refractivity contribution is 7.80. The molecule has 1 aliphatic rings. The lowest BCUT2D eigenvalue weighted by atomic mass is 9.95. The highest BCUT2D eigenvalue weighted by atomic mass is 32.1. The molecular weight excluding hydrogens is 251 g/mol. The van der Waals surface area contributed by atoms with Crippen LogP contribution in [0.5, 0.6) is 0 Å². The molecule has 1 heterocycles. The maximum atomic E-state index is 13.2. The Morgan fingerprint density at radius 1 is 1.56 bits per heavy atom. The van der Waals surface area contributed by atoms with Crippen molar-refractivity contribution in [2.75, 3.05) is 18.0 Å². The van der Waals surface area contributed by atoms with E-state index >= 15 is 0 Å². The topological polar surface area (TPSA) is 49.5 Å². The summed E-state index contributed by atoms with van der Waals surface area (Å²) in [7, 11) is 0. The van der Waals surface area contributed by atoms with Crippen LogP contribution in [-0.2, 0) is 0 Å². The van der Waals surface area contributed by atoms with Gasteiger partial charge in [0.05, 0.1) is 6.10 Å². The van der Waals surface area contributed by atoms with E-state index in [4.69, 9.17) is 18.0 Å². The van der Waals surface area contributed by atoms with Crippen molar-refractivity contribution in [1.82, 2.24) is 0 Å². The molecule has 5 heteroatoms. The fourth-order valence-corrected chi connectivity index (χ4v) is 2.41. The van der Waals surface area contributed by atoms with Crippen LogP contribution in [0, 0.1) is 11.7 Å². The molecule has 18 heavy (non-hydrogen) atoms. The van der Waals surface area contributed by atoms with Crippen LogP contribution in [0.25, 0.3) is 0 Å². The average molecular weight is 268 g/mol. The summed E-state index contributed by atoms with van der Waals surface area (Å²) in [5.74, 6) is -0.0672. The van der Waals surface area contributed by atoms with E-state index in [9.17, 15) is 9.50 Å². The number of thiocarbonyl (C=S) groups is 1. The third kappa shape index (κ3) is 2.62. The predicted octanol–water partition coefficient (Wildman–Crippen LogP) is 1.67. The van der Waals surface area contributed by atoms with Crippen LogP contribution < -0.4 is 10.6 Å². The van der Waals surface area contributed by atoms with E-state index in [1.807, 2.05) is 11.8 Å². The van der Waals surface area contributed by atoms with Crippen molar-refractivity contribution in [2.45, 2.75) is 19.4 Å². The highest BCUT2D eigenvalue weighted by Gasteiger charge is 2.26. The van der Waals surface area contributed by atoms with Crippen molar-refractivity contribution >= 4 is 22.9 Å². The summed E-state index contributed by atoms with van der Waals surface area (Å²) in [5, 5.41) is 9.91. The molecule has 0 aromatic heterocycles. The minimum Gasteiger partial charge on any atom is -0.391 e. The van der Waals surface area contributed by atoms with Crippen molar-refractivity contribution in [1.29, 1.82) is 0 Å². The monoisotopic (exact) mass is 268 g/mol. The van der Waals surface area contributed by atoms with Crippen molar-refractivity contribution < 1.29 is 9.50 Å². The molecule has 2 unspecified atom stereocenters. The zero-order valence-corrected chi connectivity index (χ0v) is 11.1. The Morgan fingerprint density at radius 2 is 2.28 bits per heavy atom. The van der Waals surface area contributed by atoms with Crippen LogP contribution >= 0.6 is 12.2 Å². The molecule has 0 aliphatic carbocycles. The van der Waals surface area contributed by atoms with E-state index in [1.165, 1.54) is 12.1 Å². The zero-order valence-electron chi connectivity index (χ0n) is 10.3. The summed E-state index contributed by atoms with van der Waals surface area (Å²) in [6, 6.07) is 4.41. The van der Waals surface area contributed by atoms with Crippen LogP contribution in [0.3, 0.4) is 0 Å². The number of nitrogens with zero attached hydrogens (tertiary/aromatic N) is 1. The standard InChI is InChI=1S/C13H17FN2OS/c1-8-4-5-16(7-12(8)17)11-3-2-9(14)6-10(11)13(15)18/h2-3,6,8,12,17H,4-5,7H2,1H3,(H2,15,18). The Labute approximate surface area is 111 Å². The zero-order chi connectivity index (χ0) is 13.3. The predicted molar refractivity (Wildman–Crippen MR) is 74.3 cm³/mol. The number of hydrogen-bond donors (Lipinski definition) is 2. The molecule has 2 atom stereocenters. The minimum atomic E-state index is -0.372. The fourth-order valence-electron chi connectivity index (χ4n) is 2.25. The second-order valence-corrected chi connectivity index (χ2v) is 5.24. The molecule has 0 radical (unpaired) electrons. The Morgan fingerprint density at radius 3 is 2.89 bits per heavy atom. The summed E-state index contributed by atoms with van der Waals surface area (Å²) >= 11 is 4.95. The van der Waals surface area contributed by atoms with Crippen molar-refractivity contribution in [2.24, 2.45) is 11.7 Å². The first-order chi connectivity index (χ1) is 8.49. The van der Waals surface area contributed by atoms with Crippen molar-refractivity contribution in [3.8, 4) is 0 Å². The van der Waals surface area contributed by atoms with Gasteiger partial charge in [-0.05, 0) is 30.5 Å². The van der Waals surface area contributed by atoms with Crippen molar-refractivity contribution in [3.63, 3.8) is 0 Å². The second kappa shape index (κ2) is 5.20. The van der Waals surface area contributed by atoms with Gasteiger partial charge in [-0.3, -0.25) is 0 Å². The molecule has 1 saturated heterocycles. The highest BCUT2D eigenvalue weighted by Crippen LogP contribution is 2.27. The van der Waals surface area contributed by atoms with Crippen LogP contribution in [0.1, 0.15) is 18.9 Å². The maximum absolute atomic E-state index is 13.2. The van der Waals surface area contributed by atoms with Gasteiger partial charge in [0.1, 0.15) is 10.8 Å². The number of rotatable bonds is 2. The van der Waals surface area contributed by atoms with E-state index in [0.29, 0.717) is 12.1 Å². The van der Waals surface area contributed by atoms with Gasteiger partial charge in [-0.25, -0.2) is 4.39 Å². The number of benzene rings is 1. The van der Waals surface area contributed by atoms with E-state index in [2.05, 4.69) is 0 Å². The molecular formula is C13H17FN2OS. The van der Waals surface area contributed by atoms with Gasteiger partial charge in [-0.15, -0.1) is 0 Å². The van der Waals surface area contributed by atoms with Gasteiger partial charge < -0.3 is 15.7 Å². The molecule has 98 valence electrons. The SMILES string of the molecule is CC1CCN(c2ccc(F)cc2C(N)=S)CC1O. The lowest BCUT2D eigenvalue weighted by Crippen LogP contribution is -2.43. The molecule has 1 fully saturated rings. The number of piperidine rings is 1. The van der Waals surface area contributed by atoms with Crippen molar-refractivity contribution in [3.05, 3.63) is 29.6 Å². The summed E-state index contributed by atoms with van der Waals surface area (Å²) in [6.45, 7) is 3.38.